The largest absolute Gasteiger partial charge is 0.383 e. The summed E-state index contributed by atoms with van der Waals surface area (Å²) in [7, 11) is 0. The molecular weight excluding hydrogens is 391 g/mol. The van der Waals surface area contributed by atoms with Gasteiger partial charge in [0.1, 0.15) is 17.1 Å². The molecule has 0 amide bonds. The first-order chi connectivity index (χ1) is 15.1. The van der Waals surface area contributed by atoms with E-state index in [1.807, 2.05) is 12.3 Å². The number of nitrogens with zero attached hydrogens (tertiary/aromatic N) is 4. The molecule has 2 aliphatic carbocycles. The van der Waals surface area contributed by atoms with Crippen molar-refractivity contribution in [2.45, 2.75) is 37.8 Å². The standard InChI is InChI=1S/C25H23FN4O/c26-20-8-2-17(3-9-20)21-11-12-27-23-13-16(1-10-22(21)23)14-30-15-24(28-29-30)25(31,18-4-5-18)19-6-7-19/h1-3,8-13,15,18-19,31H,4-7,14H2. The van der Waals surface area contributed by atoms with Crippen LogP contribution in [0.25, 0.3) is 22.0 Å². The minimum absolute atomic E-state index is 0.244. The maximum absolute atomic E-state index is 13.3. The molecule has 2 aromatic carbocycles. The van der Waals surface area contributed by atoms with Crippen molar-refractivity contribution in [3.63, 3.8) is 0 Å². The zero-order valence-electron chi connectivity index (χ0n) is 17.1. The van der Waals surface area contributed by atoms with Crippen LogP contribution in [-0.2, 0) is 12.1 Å². The number of pyridine rings is 1. The molecule has 0 aliphatic heterocycles. The highest BCUT2D eigenvalue weighted by Gasteiger charge is 2.55. The molecule has 5 nitrogen and oxygen atoms in total. The summed E-state index contributed by atoms with van der Waals surface area (Å²) in [5, 5.41) is 21.0. The average Bonchev–Trinajstić information content (AvgIpc) is 3.71. The van der Waals surface area contributed by atoms with Gasteiger partial charge < -0.3 is 5.11 Å². The third kappa shape index (κ3) is 3.31. The van der Waals surface area contributed by atoms with Crippen LogP contribution in [0.1, 0.15) is 36.9 Å². The van der Waals surface area contributed by atoms with Gasteiger partial charge in [0.2, 0.25) is 0 Å². The highest BCUT2D eigenvalue weighted by Crippen LogP contribution is 2.56. The van der Waals surface area contributed by atoms with Gasteiger partial charge in [0, 0.05) is 11.6 Å². The average molecular weight is 414 g/mol. The van der Waals surface area contributed by atoms with Crippen LogP contribution in [-0.4, -0.2) is 25.1 Å². The van der Waals surface area contributed by atoms with E-state index in [0.717, 1.165) is 59.0 Å². The van der Waals surface area contributed by atoms with E-state index in [9.17, 15) is 9.50 Å². The Morgan fingerprint density at radius 2 is 1.74 bits per heavy atom. The molecule has 0 radical (unpaired) electrons. The van der Waals surface area contributed by atoms with E-state index >= 15 is 0 Å². The van der Waals surface area contributed by atoms with Gasteiger partial charge in [0.05, 0.1) is 18.3 Å². The number of aliphatic hydroxyl groups is 1. The summed E-state index contributed by atoms with van der Waals surface area (Å²) in [4.78, 5) is 4.54. The Kier molecular flexibility index (Phi) is 4.18. The lowest BCUT2D eigenvalue weighted by molar-refractivity contribution is -0.0144. The number of benzene rings is 2. The number of fused-ring (bicyclic) bond motifs is 1. The molecule has 0 spiro atoms. The minimum atomic E-state index is -0.798. The smallest absolute Gasteiger partial charge is 0.123 e. The first kappa shape index (κ1) is 18.6. The van der Waals surface area contributed by atoms with Crippen LogP contribution in [0, 0.1) is 17.7 Å². The lowest BCUT2D eigenvalue weighted by Crippen LogP contribution is -2.31. The van der Waals surface area contributed by atoms with Gasteiger partial charge in [-0.15, -0.1) is 5.10 Å². The van der Waals surface area contributed by atoms with Crippen LogP contribution in [0.3, 0.4) is 0 Å². The molecule has 2 heterocycles. The molecule has 2 aromatic heterocycles. The molecule has 0 unspecified atom stereocenters. The highest BCUT2D eigenvalue weighted by atomic mass is 19.1. The van der Waals surface area contributed by atoms with Gasteiger partial charge in [0.15, 0.2) is 0 Å². The quantitative estimate of drug-likeness (QED) is 0.497. The predicted octanol–water partition coefficient (Wildman–Crippen LogP) is 4.69. The van der Waals surface area contributed by atoms with Crippen LogP contribution in [0.2, 0.25) is 0 Å². The molecule has 1 N–H and O–H groups in total. The van der Waals surface area contributed by atoms with Crippen LogP contribution in [0.5, 0.6) is 0 Å². The number of hydrogen-bond acceptors (Lipinski definition) is 4. The van der Waals surface area contributed by atoms with Gasteiger partial charge in [-0.25, -0.2) is 9.07 Å². The van der Waals surface area contributed by atoms with Crippen molar-refractivity contribution in [2.75, 3.05) is 0 Å². The zero-order chi connectivity index (χ0) is 21.0. The van der Waals surface area contributed by atoms with Crippen LogP contribution >= 0.6 is 0 Å². The van der Waals surface area contributed by atoms with E-state index < -0.39 is 5.60 Å². The molecule has 0 bridgehead atoms. The van der Waals surface area contributed by atoms with Gasteiger partial charge in [-0.05, 0) is 78.5 Å². The molecule has 6 rings (SSSR count). The topological polar surface area (TPSA) is 63.8 Å². The Morgan fingerprint density at radius 3 is 2.45 bits per heavy atom. The van der Waals surface area contributed by atoms with Crippen LogP contribution in [0.15, 0.2) is 60.9 Å². The van der Waals surface area contributed by atoms with E-state index in [2.05, 4.69) is 33.5 Å². The summed E-state index contributed by atoms with van der Waals surface area (Å²) in [6, 6.07) is 14.6. The summed E-state index contributed by atoms with van der Waals surface area (Å²) >= 11 is 0. The third-order valence-corrected chi connectivity index (χ3v) is 6.66. The van der Waals surface area contributed by atoms with E-state index in [0.29, 0.717) is 18.4 Å². The Morgan fingerprint density at radius 1 is 1.00 bits per heavy atom. The van der Waals surface area contributed by atoms with Crippen LogP contribution in [0.4, 0.5) is 4.39 Å². The first-order valence-electron chi connectivity index (χ1n) is 10.9. The van der Waals surface area contributed by atoms with E-state index in [1.54, 1.807) is 23.0 Å². The SMILES string of the molecule is OC(c1cn(Cc2ccc3c(-c4ccc(F)cc4)ccnc3c2)nn1)(C1CC1)C1CC1. The van der Waals surface area contributed by atoms with Gasteiger partial charge in [0.25, 0.3) is 0 Å². The molecule has 156 valence electrons. The number of aromatic nitrogens is 4. The zero-order valence-corrected chi connectivity index (χ0v) is 17.1. The van der Waals surface area contributed by atoms with Crippen molar-refractivity contribution >= 4 is 10.9 Å². The van der Waals surface area contributed by atoms with Crippen molar-refractivity contribution in [2.24, 2.45) is 11.8 Å². The van der Waals surface area contributed by atoms with Crippen molar-refractivity contribution in [3.8, 4) is 11.1 Å². The predicted molar refractivity (Wildman–Crippen MR) is 116 cm³/mol. The van der Waals surface area contributed by atoms with Crippen molar-refractivity contribution in [1.29, 1.82) is 0 Å². The Bertz CT molecular complexity index is 1250. The second kappa shape index (κ2) is 6.95. The fourth-order valence-electron chi connectivity index (χ4n) is 4.72. The summed E-state index contributed by atoms with van der Waals surface area (Å²) < 4.78 is 15.1. The van der Waals surface area contributed by atoms with E-state index in [-0.39, 0.29) is 5.82 Å². The molecule has 2 saturated carbocycles. The maximum Gasteiger partial charge on any atom is 0.123 e. The van der Waals surface area contributed by atoms with Crippen molar-refractivity contribution in [3.05, 3.63) is 78.0 Å². The number of halogens is 1. The monoisotopic (exact) mass is 414 g/mol. The molecule has 4 aromatic rings. The highest BCUT2D eigenvalue weighted by molar-refractivity contribution is 5.94. The van der Waals surface area contributed by atoms with E-state index in [1.165, 1.54) is 12.1 Å². The summed E-state index contributed by atoms with van der Waals surface area (Å²) in [5.41, 5.74) is 3.85. The second-order valence-electron chi connectivity index (χ2n) is 8.89. The molecule has 0 saturated heterocycles. The molecule has 6 heteroatoms. The van der Waals surface area contributed by atoms with Crippen LogP contribution < -0.4 is 0 Å². The normalized spacial score (nSPS) is 16.7. The fraction of sp³-hybridized carbons (Fsp3) is 0.320. The Hall–Kier alpha value is -3.12. The molecule has 31 heavy (non-hydrogen) atoms. The maximum atomic E-state index is 13.3. The molecule has 2 fully saturated rings. The molecule has 0 atom stereocenters. The Balaban J connectivity index is 1.29. The Labute approximate surface area is 179 Å². The lowest BCUT2D eigenvalue weighted by Gasteiger charge is -2.25. The van der Waals surface area contributed by atoms with Gasteiger partial charge >= 0.3 is 0 Å². The molecular formula is C25H23FN4O. The summed E-state index contributed by atoms with van der Waals surface area (Å²) in [6.45, 7) is 0.566. The lowest BCUT2D eigenvalue weighted by atomic mass is 9.89. The van der Waals surface area contributed by atoms with Gasteiger partial charge in [-0.3, -0.25) is 4.98 Å². The summed E-state index contributed by atoms with van der Waals surface area (Å²) in [6.07, 6.45) is 7.99. The fourth-order valence-corrected chi connectivity index (χ4v) is 4.72. The van der Waals surface area contributed by atoms with Gasteiger partial charge in [-0.2, -0.15) is 0 Å². The second-order valence-corrected chi connectivity index (χ2v) is 8.89. The number of rotatable bonds is 6. The number of hydrogen-bond donors (Lipinski definition) is 1. The third-order valence-electron chi connectivity index (χ3n) is 6.66. The summed E-state index contributed by atoms with van der Waals surface area (Å²) in [5.74, 6) is 0.423. The van der Waals surface area contributed by atoms with Crippen molar-refractivity contribution in [1.82, 2.24) is 20.0 Å². The van der Waals surface area contributed by atoms with E-state index in [4.69, 9.17) is 0 Å². The van der Waals surface area contributed by atoms with Gasteiger partial charge in [-0.1, -0.05) is 29.5 Å². The minimum Gasteiger partial charge on any atom is -0.383 e. The van der Waals surface area contributed by atoms with Crippen molar-refractivity contribution < 1.29 is 9.50 Å². The first-order valence-corrected chi connectivity index (χ1v) is 10.9. The molecule has 2 aliphatic rings.